The highest BCUT2D eigenvalue weighted by Crippen LogP contribution is 2.30. The number of carbonyl (C=O) groups is 1. The number of carbonyl (C=O) groups excluding carboxylic acids is 1. The van der Waals surface area contributed by atoms with Crippen LogP contribution in [0.5, 0.6) is 0 Å². The lowest BCUT2D eigenvalue weighted by atomic mass is 10.1. The molecule has 0 bridgehead atoms. The number of rotatable bonds is 3. The van der Waals surface area contributed by atoms with E-state index in [1.165, 1.54) is 0 Å². The minimum Gasteiger partial charge on any atom is -0.352 e. The highest BCUT2D eigenvalue weighted by Gasteiger charge is 2.31. The van der Waals surface area contributed by atoms with Gasteiger partial charge in [0.1, 0.15) is 5.82 Å². The lowest BCUT2D eigenvalue weighted by molar-refractivity contribution is -0.137. The quantitative estimate of drug-likeness (QED) is 0.833. The van der Waals surface area contributed by atoms with Gasteiger partial charge in [-0.1, -0.05) is 13.8 Å². The second-order valence-corrected chi connectivity index (χ2v) is 4.33. The molecule has 6 heteroatoms. The minimum absolute atomic E-state index is 0.157. The molecule has 0 saturated heterocycles. The Morgan fingerprint density at radius 2 is 1.89 bits per heavy atom. The molecule has 1 rings (SSSR count). The Balaban J connectivity index is 2.96. The van der Waals surface area contributed by atoms with Crippen LogP contribution in [0.1, 0.15) is 29.8 Å². The molecule has 0 atom stereocenters. The Morgan fingerprint density at radius 1 is 1.28 bits per heavy atom. The lowest BCUT2D eigenvalue weighted by Crippen LogP contribution is -2.27. The molecule has 1 N–H and O–H groups in total. The third-order valence-corrected chi connectivity index (χ3v) is 2.16. The fourth-order valence-corrected chi connectivity index (χ4v) is 1.28. The van der Waals surface area contributed by atoms with Gasteiger partial charge in [-0.15, -0.1) is 0 Å². The van der Waals surface area contributed by atoms with Crippen LogP contribution in [0, 0.1) is 11.7 Å². The molecule has 0 aliphatic heterocycles. The van der Waals surface area contributed by atoms with Gasteiger partial charge in [0.15, 0.2) is 0 Å². The number of nitrogens with one attached hydrogen (secondary N) is 1. The van der Waals surface area contributed by atoms with Crippen molar-refractivity contribution in [1.82, 2.24) is 5.32 Å². The van der Waals surface area contributed by atoms with E-state index in [1.807, 2.05) is 13.8 Å². The number of hydrogen-bond acceptors (Lipinski definition) is 1. The van der Waals surface area contributed by atoms with Crippen LogP contribution in [0.2, 0.25) is 0 Å². The van der Waals surface area contributed by atoms with Crippen molar-refractivity contribution >= 4 is 5.91 Å². The van der Waals surface area contributed by atoms with Crippen molar-refractivity contribution in [3.05, 3.63) is 35.1 Å². The van der Waals surface area contributed by atoms with Crippen molar-refractivity contribution in [2.24, 2.45) is 5.92 Å². The van der Waals surface area contributed by atoms with Crippen LogP contribution in [-0.4, -0.2) is 12.5 Å². The Hall–Kier alpha value is -1.59. The van der Waals surface area contributed by atoms with Crippen molar-refractivity contribution in [1.29, 1.82) is 0 Å². The lowest BCUT2D eigenvalue weighted by Gasteiger charge is -2.11. The van der Waals surface area contributed by atoms with E-state index in [4.69, 9.17) is 0 Å². The van der Waals surface area contributed by atoms with Gasteiger partial charge in [-0.2, -0.15) is 13.2 Å². The summed E-state index contributed by atoms with van der Waals surface area (Å²) in [5.74, 6) is -1.64. The van der Waals surface area contributed by atoms with Crippen LogP contribution >= 0.6 is 0 Å². The molecule has 18 heavy (non-hydrogen) atoms. The van der Waals surface area contributed by atoms with Gasteiger partial charge < -0.3 is 5.32 Å². The molecule has 0 saturated carbocycles. The zero-order valence-corrected chi connectivity index (χ0v) is 9.94. The van der Waals surface area contributed by atoms with Crippen molar-refractivity contribution in [3.8, 4) is 0 Å². The van der Waals surface area contributed by atoms with Gasteiger partial charge >= 0.3 is 6.18 Å². The summed E-state index contributed by atoms with van der Waals surface area (Å²) in [5, 5.41) is 2.43. The van der Waals surface area contributed by atoms with Gasteiger partial charge in [-0.25, -0.2) is 4.39 Å². The van der Waals surface area contributed by atoms with Crippen LogP contribution < -0.4 is 5.32 Å². The Labute approximate surface area is 102 Å². The molecular weight excluding hydrogens is 250 g/mol. The van der Waals surface area contributed by atoms with Gasteiger partial charge in [0.25, 0.3) is 5.91 Å². The highest BCUT2D eigenvalue weighted by atomic mass is 19.4. The van der Waals surface area contributed by atoms with E-state index in [-0.39, 0.29) is 11.5 Å². The smallest absolute Gasteiger partial charge is 0.352 e. The Morgan fingerprint density at radius 3 is 2.39 bits per heavy atom. The van der Waals surface area contributed by atoms with E-state index in [0.717, 1.165) is 6.07 Å². The molecule has 1 amide bonds. The zero-order chi connectivity index (χ0) is 13.9. The SMILES string of the molecule is CC(C)CNC(=O)c1cc(F)cc(C(F)(F)F)c1. The van der Waals surface area contributed by atoms with Gasteiger partial charge in [-0.3, -0.25) is 4.79 Å². The van der Waals surface area contributed by atoms with Gasteiger partial charge in [-0.05, 0) is 24.1 Å². The minimum atomic E-state index is -4.67. The molecule has 2 nitrogen and oxygen atoms in total. The predicted octanol–water partition coefficient (Wildman–Crippen LogP) is 3.23. The van der Waals surface area contributed by atoms with E-state index in [1.54, 1.807) is 0 Å². The molecule has 0 aromatic heterocycles. The first-order valence-corrected chi connectivity index (χ1v) is 5.36. The Kier molecular flexibility index (Phi) is 4.32. The standard InChI is InChI=1S/C12H13F4NO/c1-7(2)6-17-11(18)8-3-9(12(14,15)16)5-10(13)4-8/h3-5,7H,6H2,1-2H3,(H,17,18). The van der Waals surface area contributed by atoms with Crippen molar-refractivity contribution in [3.63, 3.8) is 0 Å². The molecule has 100 valence electrons. The normalized spacial score (nSPS) is 11.7. The molecule has 1 aromatic carbocycles. The van der Waals surface area contributed by atoms with Crippen LogP contribution in [0.4, 0.5) is 17.6 Å². The first-order chi connectivity index (χ1) is 8.20. The van der Waals surface area contributed by atoms with Crippen LogP contribution in [0.25, 0.3) is 0 Å². The average molecular weight is 263 g/mol. The van der Waals surface area contributed by atoms with Gasteiger partial charge in [0, 0.05) is 12.1 Å². The van der Waals surface area contributed by atoms with E-state index >= 15 is 0 Å². The number of hydrogen-bond donors (Lipinski definition) is 1. The predicted molar refractivity (Wildman–Crippen MR) is 58.6 cm³/mol. The molecule has 0 unspecified atom stereocenters. The molecule has 0 fully saturated rings. The maximum Gasteiger partial charge on any atom is 0.416 e. The highest BCUT2D eigenvalue weighted by molar-refractivity contribution is 5.94. The summed E-state index contributed by atoms with van der Waals surface area (Å²) in [4.78, 5) is 11.5. The van der Waals surface area contributed by atoms with Crippen molar-refractivity contribution in [2.45, 2.75) is 20.0 Å². The first kappa shape index (κ1) is 14.5. The molecule has 0 aliphatic rings. The van der Waals surface area contributed by atoms with E-state index in [2.05, 4.69) is 5.32 Å². The number of benzene rings is 1. The largest absolute Gasteiger partial charge is 0.416 e. The Bertz CT molecular complexity index is 440. The first-order valence-electron chi connectivity index (χ1n) is 5.36. The summed E-state index contributed by atoms with van der Waals surface area (Å²) in [6.45, 7) is 4.00. The third kappa shape index (κ3) is 4.01. The summed E-state index contributed by atoms with van der Waals surface area (Å²) >= 11 is 0. The average Bonchev–Trinajstić information content (AvgIpc) is 2.23. The van der Waals surface area contributed by atoms with Crippen molar-refractivity contribution in [2.75, 3.05) is 6.54 Å². The van der Waals surface area contributed by atoms with Gasteiger partial charge in [0.2, 0.25) is 0 Å². The molecule has 0 aliphatic carbocycles. The second-order valence-electron chi connectivity index (χ2n) is 4.33. The van der Waals surface area contributed by atoms with E-state index in [0.29, 0.717) is 18.7 Å². The number of amides is 1. The molecular formula is C12H13F4NO. The summed E-state index contributed by atoms with van der Waals surface area (Å²) in [6, 6.07) is 1.78. The maximum absolute atomic E-state index is 13.0. The van der Waals surface area contributed by atoms with Crippen LogP contribution in [-0.2, 0) is 6.18 Å². The molecule has 0 radical (unpaired) electrons. The van der Waals surface area contributed by atoms with Crippen LogP contribution in [0.15, 0.2) is 18.2 Å². The summed E-state index contributed by atoms with van der Waals surface area (Å²) in [5.41, 5.74) is -1.50. The number of halogens is 4. The molecule has 1 aromatic rings. The fraction of sp³-hybridized carbons (Fsp3) is 0.417. The fourth-order valence-electron chi connectivity index (χ4n) is 1.28. The monoisotopic (exact) mass is 263 g/mol. The van der Waals surface area contributed by atoms with Gasteiger partial charge in [0.05, 0.1) is 5.56 Å². The summed E-state index contributed by atoms with van der Waals surface area (Å²) < 4.78 is 50.3. The molecule has 0 spiro atoms. The van der Waals surface area contributed by atoms with Crippen molar-refractivity contribution < 1.29 is 22.4 Å². The summed E-state index contributed by atoms with van der Waals surface area (Å²) in [6.07, 6.45) is -4.67. The third-order valence-electron chi connectivity index (χ3n) is 2.16. The second kappa shape index (κ2) is 5.37. The maximum atomic E-state index is 13.0. The topological polar surface area (TPSA) is 29.1 Å². The summed E-state index contributed by atoms with van der Waals surface area (Å²) in [7, 11) is 0. The van der Waals surface area contributed by atoms with E-state index < -0.39 is 23.5 Å². The number of alkyl halides is 3. The zero-order valence-electron chi connectivity index (χ0n) is 9.94. The van der Waals surface area contributed by atoms with E-state index in [9.17, 15) is 22.4 Å². The molecule has 0 heterocycles. The van der Waals surface area contributed by atoms with Crippen LogP contribution in [0.3, 0.4) is 0 Å².